The number of halogens is 1. The molecule has 29 heavy (non-hydrogen) atoms. The number of para-hydroxylation sites is 1. The van der Waals surface area contributed by atoms with E-state index in [9.17, 15) is 10.2 Å². The molecule has 1 fully saturated rings. The average molecular weight is 416 g/mol. The molecule has 1 aromatic heterocycles. The van der Waals surface area contributed by atoms with Crippen LogP contribution in [0.2, 0.25) is 5.02 Å². The summed E-state index contributed by atoms with van der Waals surface area (Å²) < 4.78 is 8.00. The van der Waals surface area contributed by atoms with Crippen LogP contribution in [-0.4, -0.2) is 52.1 Å². The zero-order valence-electron chi connectivity index (χ0n) is 16.4. The minimum absolute atomic E-state index is 0.271. The average Bonchev–Trinajstić information content (AvgIpc) is 3.05. The first-order chi connectivity index (χ1) is 14.1. The summed E-state index contributed by atoms with van der Waals surface area (Å²) in [5, 5.41) is 26.9. The maximum Gasteiger partial charge on any atom is 0.138 e. The summed E-state index contributed by atoms with van der Waals surface area (Å²) in [5.74, 6) is 0.697. The van der Waals surface area contributed by atoms with Crippen molar-refractivity contribution in [1.82, 2.24) is 14.8 Å². The molecule has 7 heteroatoms. The quantitative estimate of drug-likeness (QED) is 0.577. The van der Waals surface area contributed by atoms with Crippen molar-refractivity contribution in [2.75, 3.05) is 26.2 Å². The number of aryl methyl sites for hydroxylation is 1. The molecule has 6 nitrogen and oxygen atoms in total. The van der Waals surface area contributed by atoms with Crippen molar-refractivity contribution in [3.8, 4) is 5.75 Å². The number of ether oxygens (including phenoxy) is 1. The van der Waals surface area contributed by atoms with Crippen LogP contribution >= 0.6 is 11.6 Å². The lowest BCUT2D eigenvalue weighted by molar-refractivity contribution is -0.0887. The van der Waals surface area contributed by atoms with Crippen molar-refractivity contribution >= 4 is 22.5 Å². The standard InChI is InChI=1S/C22H26ClN3O3/c1-25-18-5-3-2-4-17(18)20(21(27)22(28)26-12-10-24-11-13-26)19(25)14-29-16-8-6-15(23)7-9-16/h2-9,21-22,24,27-28H,10-14H2,1H3. The lowest BCUT2D eigenvalue weighted by Gasteiger charge is -2.34. The van der Waals surface area contributed by atoms with E-state index in [0.717, 1.165) is 29.7 Å². The predicted molar refractivity (Wildman–Crippen MR) is 114 cm³/mol. The Bertz CT molecular complexity index is 967. The van der Waals surface area contributed by atoms with Gasteiger partial charge in [-0.2, -0.15) is 0 Å². The van der Waals surface area contributed by atoms with Gasteiger partial charge in [0.1, 0.15) is 24.7 Å². The molecule has 0 radical (unpaired) electrons. The topological polar surface area (TPSA) is 69.9 Å². The Hall–Kier alpha value is -2.09. The zero-order valence-corrected chi connectivity index (χ0v) is 17.1. The molecule has 2 atom stereocenters. The van der Waals surface area contributed by atoms with Crippen LogP contribution in [0.3, 0.4) is 0 Å². The van der Waals surface area contributed by atoms with Crippen molar-refractivity contribution < 1.29 is 14.9 Å². The first-order valence-corrected chi connectivity index (χ1v) is 10.2. The molecule has 2 heterocycles. The van der Waals surface area contributed by atoms with Gasteiger partial charge in [-0.3, -0.25) is 4.90 Å². The molecule has 0 aliphatic carbocycles. The largest absolute Gasteiger partial charge is 0.487 e. The molecule has 1 saturated heterocycles. The van der Waals surface area contributed by atoms with Crippen LogP contribution in [0.4, 0.5) is 0 Å². The van der Waals surface area contributed by atoms with Gasteiger partial charge in [0.25, 0.3) is 0 Å². The van der Waals surface area contributed by atoms with Crippen LogP contribution in [0.25, 0.3) is 10.9 Å². The second-order valence-electron chi connectivity index (χ2n) is 7.32. The highest BCUT2D eigenvalue weighted by Crippen LogP contribution is 2.34. The molecule has 0 spiro atoms. The highest BCUT2D eigenvalue weighted by molar-refractivity contribution is 6.30. The van der Waals surface area contributed by atoms with Gasteiger partial charge in [0, 0.05) is 54.7 Å². The summed E-state index contributed by atoms with van der Waals surface area (Å²) in [7, 11) is 1.95. The minimum atomic E-state index is -1.04. The number of nitrogens with one attached hydrogen (secondary N) is 1. The van der Waals surface area contributed by atoms with Gasteiger partial charge in [-0.05, 0) is 30.3 Å². The molecule has 0 saturated carbocycles. The van der Waals surface area contributed by atoms with Gasteiger partial charge >= 0.3 is 0 Å². The van der Waals surface area contributed by atoms with Gasteiger partial charge in [-0.15, -0.1) is 0 Å². The summed E-state index contributed by atoms with van der Waals surface area (Å²) in [4.78, 5) is 1.91. The third kappa shape index (κ3) is 4.13. The van der Waals surface area contributed by atoms with Gasteiger partial charge in [-0.1, -0.05) is 29.8 Å². The molecule has 2 unspecified atom stereocenters. The van der Waals surface area contributed by atoms with Crippen molar-refractivity contribution in [2.45, 2.75) is 18.9 Å². The van der Waals surface area contributed by atoms with Crippen LogP contribution in [0.5, 0.6) is 5.75 Å². The van der Waals surface area contributed by atoms with Crippen LogP contribution in [0, 0.1) is 0 Å². The molecule has 0 bridgehead atoms. The number of fused-ring (bicyclic) bond motifs is 1. The molecular formula is C22H26ClN3O3. The molecule has 3 aromatic rings. The van der Waals surface area contributed by atoms with Crippen molar-refractivity contribution in [1.29, 1.82) is 0 Å². The molecular weight excluding hydrogens is 390 g/mol. The van der Waals surface area contributed by atoms with E-state index in [-0.39, 0.29) is 6.61 Å². The number of hydrogen-bond acceptors (Lipinski definition) is 5. The normalized spacial score (nSPS) is 17.4. The van der Waals surface area contributed by atoms with Gasteiger partial charge < -0.3 is 24.8 Å². The fraction of sp³-hybridized carbons (Fsp3) is 0.364. The SMILES string of the molecule is Cn1c(COc2ccc(Cl)cc2)c(C(O)C(O)N2CCNCC2)c2ccccc21. The number of aliphatic hydroxyl groups excluding tert-OH is 2. The summed E-state index contributed by atoms with van der Waals surface area (Å²) in [6, 6.07) is 15.1. The van der Waals surface area contributed by atoms with E-state index >= 15 is 0 Å². The first kappa shape index (κ1) is 20.2. The summed E-state index contributed by atoms with van der Waals surface area (Å²) in [6.45, 7) is 3.25. The van der Waals surface area contributed by atoms with E-state index in [1.807, 2.05) is 52.9 Å². The Balaban J connectivity index is 1.67. The van der Waals surface area contributed by atoms with Gasteiger partial charge in [0.05, 0.1) is 5.69 Å². The fourth-order valence-electron chi connectivity index (χ4n) is 3.96. The first-order valence-electron chi connectivity index (χ1n) is 9.81. The molecule has 2 aromatic carbocycles. The van der Waals surface area contributed by atoms with Crippen molar-refractivity contribution in [3.63, 3.8) is 0 Å². The lowest BCUT2D eigenvalue weighted by Crippen LogP contribution is -2.50. The number of aliphatic hydroxyl groups is 2. The Morgan fingerprint density at radius 2 is 1.76 bits per heavy atom. The van der Waals surface area contributed by atoms with Crippen LogP contribution in [0.15, 0.2) is 48.5 Å². The smallest absolute Gasteiger partial charge is 0.138 e. The highest BCUT2D eigenvalue weighted by Gasteiger charge is 2.31. The van der Waals surface area contributed by atoms with Gasteiger partial charge in [0.15, 0.2) is 0 Å². The highest BCUT2D eigenvalue weighted by atomic mass is 35.5. The lowest BCUT2D eigenvalue weighted by atomic mass is 10.0. The van der Waals surface area contributed by atoms with E-state index in [4.69, 9.17) is 16.3 Å². The second-order valence-corrected chi connectivity index (χ2v) is 7.76. The molecule has 1 aliphatic heterocycles. The third-order valence-corrected chi connectivity index (χ3v) is 5.82. The number of hydrogen-bond donors (Lipinski definition) is 3. The minimum Gasteiger partial charge on any atom is -0.487 e. The molecule has 3 N–H and O–H groups in total. The Labute approximate surface area is 175 Å². The maximum atomic E-state index is 11.2. The Morgan fingerprint density at radius 3 is 2.48 bits per heavy atom. The molecule has 1 aliphatic rings. The van der Waals surface area contributed by atoms with Crippen molar-refractivity contribution in [3.05, 3.63) is 64.8 Å². The van der Waals surface area contributed by atoms with Crippen LogP contribution in [-0.2, 0) is 13.7 Å². The molecule has 0 amide bonds. The third-order valence-electron chi connectivity index (χ3n) is 5.56. The Kier molecular flexibility index (Phi) is 6.08. The predicted octanol–water partition coefficient (Wildman–Crippen LogP) is 2.67. The summed E-state index contributed by atoms with van der Waals surface area (Å²) in [5.41, 5.74) is 2.54. The number of rotatable bonds is 6. The Morgan fingerprint density at radius 1 is 1.07 bits per heavy atom. The maximum absolute atomic E-state index is 11.2. The van der Waals surface area contributed by atoms with E-state index in [0.29, 0.717) is 29.4 Å². The molecule has 154 valence electrons. The number of benzene rings is 2. The summed E-state index contributed by atoms with van der Waals surface area (Å²) in [6.07, 6.45) is -2.01. The van der Waals surface area contributed by atoms with E-state index in [1.54, 1.807) is 12.1 Å². The van der Waals surface area contributed by atoms with Gasteiger partial charge in [0.2, 0.25) is 0 Å². The number of piperazine rings is 1. The molecule has 4 rings (SSSR count). The summed E-state index contributed by atoms with van der Waals surface area (Å²) >= 11 is 5.95. The van der Waals surface area contributed by atoms with Crippen LogP contribution < -0.4 is 10.1 Å². The van der Waals surface area contributed by atoms with Crippen molar-refractivity contribution in [2.24, 2.45) is 7.05 Å². The monoisotopic (exact) mass is 415 g/mol. The fourth-order valence-corrected chi connectivity index (χ4v) is 4.08. The second kappa shape index (κ2) is 8.73. The van der Waals surface area contributed by atoms with Crippen LogP contribution in [0.1, 0.15) is 17.4 Å². The van der Waals surface area contributed by atoms with Gasteiger partial charge in [-0.25, -0.2) is 0 Å². The van der Waals surface area contributed by atoms with E-state index < -0.39 is 12.3 Å². The number of nitrogens with zero attached hydrogens (tertiary/aromatic N) is 2. The number of aromatic nitrogens is 1. The van der Waals surface area contributed by atoms with E-state index in [2.05, 4.69) is 5.32 Å². The zero-order chi connectivity index (χ0) is 20.4. The van der Waals surface area contributed by atoms with E-state index in [1.165, 1.54) is 0 Å².